The van der Waals surface area contributed by atoms with Gasteiger partial charge in [-0.05, 0) is 6.07 Å². The van der Waals surface area contributed by atoms with Crippen LogP contribution >= 0.6 is 0 Å². The van der Waals surface area contributed by atoms with Crippen molar-refractivity contribution in [3.05, 3.63) is 35.8 Å². The summed E-state index contributed by atoms with van der Waals surface area (Å²) in [5.41, 5.74) is 5.49. The number of halogens is 3. The molecule has 0 aliphatic carbocycles. The molecule has 9 heteroatoms. The fourth-order valence-electron chi connectivity index (χ4n) is 2.47. The fraction of sp³-hybridized carbons (Fsp3) is 0.429. The van der Waals surface area contributed by atoms with Crippen molar-refractivity contribution in [1.82, 2.24) is 14.5 Å². The summed E-state index contributed by atoms with van der Waals surface area (Å²) in [5, 5.41) is 0. The van der Waals surface area contributed by atoms with Gasteiger partial charge in [-0.2, -0.15) is 13.2 Å². The minimum atomic E-state index is -4.48. The fourth-order valence-corrected chi connectivity index (χ4v) is 2.47. The molecule has 2 aromatic rings. The first kappa shape index (κ1) is 15.6. The maximum atomic E-state index is 13.0. The molecule has 0 radical (unpaired) electrons. The molecule has 0 atom stereocenters. The van der Waals surface area contributed by atoms with Gasteiger partial charge in [0, 0.05) is 31.0 Å². The minimum absolute atomic E-state index is 0.304. The molecule has 124 valence electrons. The molecule has 1 fully saturated rings. The normalized spacial score (nSPS) is 15.9. The molecular formula is C14H16F3N5O. The topological polar surface area (TPSA) is 69.2 Å². The molecule has 1 saturated heterocycles. The van der Waals surface area contributed by atoms with Crippen LogP contribution in [-0.4, -0.2) is 40.8 Å². The lowest BCUT2D eigenvalue weighted by molar-refractivity contribution is -0.141. The first-order valence-corrected chi connectivity index (χ1v) is 7.11. The van der Waals surface area contributed by atoms with E-state index in [0.717, 1.165) is 6.07 Å². The van der Waals surface area contributed by atoms with E-state index in [1.54, 1.807) is 21.9 Å². The van der Waals surface area contributed by atoms with Gasteiger partial charge in [0.05, 0.1) is 19.8 Å². The maximum Gasteiger partial charge on any atom is 0.433 e. The second-order valence-corrected chi connectivity index (χ2v) is 5.19. The van der Waals surface area contributed by atoms with Crippen molar-refractivity contribution in [1.29, 1.82) is 0 Å². The molecule has 0 bridgehead atoms. The summed E-state index contributed by atoms with van der Waals surface area (Å²) in [6, 6.07) is 2.44. The van der Waals surface area contributed by atoms with E-state index in [0.29, 0.717) is 50.2 Å². The van der Waals surface area contributed by atoms with Gasteiger partial charge in [0.25, 0.3) is 0 Å². The van der Waals surface area contributed by atoms with Crippen LogP contribution < -0.4 is 10.6 Å². The Balaban J connectivity index is 1.98. The van der Waals surface area contributed by atoms with Crippen molar-refractivity contribution in [2.24, 2.45) is 0 Å². The Kier molecular flexibility index (Phi) is 4.12. The maximum absolute atomic E-state index is 13.0. The highest BCUT2D eigenvalue weighted by atomic mass is 19.4. The summed E-state index contributed by atoms with van der Waals surface area (Å²) in [6.45, 7) is 2.24. The lowest BCUT2D eigenvalue weighted by Crippen LogP contribution is -2.37. The zero-order chi connectivity index (χ0) is 16.4. The Morgan fingerprint density at radius 1 is 1.22 bits per heavy atom. The Morgan fingerprint density at radius 3 is 2.57 bits per heavy atom. The predicted molar refractivity (Wildman–Crippen MR) is 78.0 cm³/mol. The van der Waals surface area contributed by atoms with E-state index in [1.807, 2.05) is 0 Å². The number of nitrogens with two attached hydrogens (primary N) is 1. The number of morpholine rings is 1. The number of pyridine rings is 1. The van der Waals surface area contributed by atoms with Crippen LogP contribution in [0.2, 0.25) is 0 Å². The van der Waals surface area contributed by atoms with Crippen LogP contribution in [0.1, 0.15) is 11.3 Å². The number of nitrogen functional groups attached to an aromatic ring is 1. The molecule has 2 aromatic heterocycles. The van der Waals surface area contributed by atoms with E-state index in [-0.39, 0.29) is 0 Å². The number of rotatable bonds is 3. The molecule has 0 unspecified atom stereocenters. The molecule has 6 nitrogen and oxygen atoms in total. The molecule has 0 aromatic carbocycles. The number of hydrogen-bond acceptors (Lipinski definition) is 5. The molecule has 1 aliphatic rings. The van der Waals surface area contributed by atoms with Gasteiger partial charge >= 0.3 is 6.18 Å². The van der Waals surface area contributed by atoms with Crippen molar-refractivity contribution < 1.29 is 17.9 Å². The number of anilines is 2. The molecule has 0 spiro atoms. The standard InChI is InChI=1S/C14H16F3N5O/c15-14(16,17)11-2-1-10(9-22-4-3-19-13(22)18)12(20-11)21-5-7-23-8-6-21/h1-4H,5-9H2,(H2,18,19). The van der Waals surface area contributed by atoms with Crippen LogP contribution in [-0.2, 0) is 17.5 Å². The second-order valence-electron chi connectivity index (χ2n) is 5.19. The highest BCUT2D eigenvalue weighted by Crippen LogP contribution is 2.31. The predicted octanol–water partition coefficient (Wildman–Crippen LogP) is 1.76. The van der Waals surface area contributed by atoms with Crippen molar-refractivity contribution in [2.75, 3.05) is 36.9 Å². The van der Waals surface area contributed by atoms with Crippen molar-refractivity contribution >= 4 is 11.8 Å². The molecule has 3 heterocycles. The van der Waals surface area contributed by atoms with Crippen LogP contribution in [0, 0.1) is 0 Å². The summed E-state index contributed by atoms with van der Waals surface area (Å²) < 4.78 is 45.8. The van der Waals surface area contributed by atoms with E-state index in [9.17, 15) is 13.2 Å². The third kappa shape index (κ3) is 3.39. The monoisotopic (exact) mass is 327 g/mol. The van der Waals surface area contributed by atoms with Crippen LogP contribution in [0.25, 0.3) is 0 Å². The van der Waals surface area contributed by atoms with E-state index in [2.05, 4.69) is 9.97 Å². The summed E-state index contributed by atoms with van der Waals surface area (Å²) in [7, 11) is 0. The smallest absolute Gasteiger partial charge is 0.378 e. The van der Waals surface area contributed by atoms with Crippen LogP contribution in [0.15, 0.2) is 24.5 Å². The quantitative estimate of drug-likeness (QED) is 0.930. The molecule has 1 aliphatic heterocycles. The zero-order valence-corrected chi connectivity index (χ0v) is 12.3. The van der Waals surface area contributed by atoms with Gasteiger partial charge in [-0.1, -0.05) is 6.07 Å². The van der Waals surface area contributed by atoms with Gasteiger partial charge < -0.3 is 19.9 Å². The second kappa shape index (κ2) is 6.07. The Bertz CT molecular complexity index is 679. The first-order valence-electron chi connectivity index (χ1n) is 7.11. The zero-order valence-electron chi connectivity index (χ0n) is 12.3. The van der Waals surface area contributed by atoms with Crippen molar-refractivity contribution in [3.63, 3.8) is 0 Å². The molecular weight excluding hydrogens is 311 g/mol. The molecule has 23 heavy (non-hydrogen) atoms. The number of hydrogen-bond donors (Lipinski definition) is 1. The lowest BCUT2D eigenvalue weighted by Gasteiger charge is -2.30. The van der Waals surface area contributed by atoms with Gasteiger partial charge in [-0.25, -0.2) is 9.97 Å². The van der Waals surface area contributed by atoms with Crippen molar-refractivity contribution in [3.8, 4) is 0 Å². The SMILES string of the molecule is Nc1nccn1Cc1ccc(C(F)(F)F)nc1N1CCOCC1. The van der Waals surface area contributed by atoms with Crippen molar-refractivity contribution in [2.45, 2.75) is 12.7 Å². The summed E-state index contributed by atoms with van der Waals surface area (Å²) in [4.78, 5) is 9.57. The summed E-state index contributed by atoms with van der Waals surface area (Å²) in [5.74, 6) is 0.619. The van der Waals surface area contributed by atoms with Crippen LogP contribution in [0.3, 0.4) is 0 Å². The van der Waals surface area contributed by atoms with Gasteiger partial charge in [-0.15, -0.1) is 0 Å². The van der Waals surface area contributed by atoms with E-state index in [4.69, 9.17) is 10.5 Å². The third-order valence-electron chi connectivity index (χ3n) is 3.65. The van der Waals surface area contributed by atoms with E-state index >= 15 is 0 Å². The molecule has 0 saturated carbocycles. The lowest BCUT2D eigenvalue weighted by atomic mass is 10.2. The Hall–Kier alpha value is -2.29. The Labute approximate surface area is 130 Å². The number of imidazole rings is 1. The van der Waals surface area contributed by atoms with Gasteiger partial charge in [0.2, 0.25) is 0 Å². The van der Waals surface area contributed by atoms with E-state index < -0.39 is 11.9 Å². The summed E-state index contributed by atoms with van der Waals surface area (Å²) in [6.07, 6.45) is -1.26. The number of nitrogens with zero attached hydrogens (tertiary/aromatic N) is 4. The molecule has 0 amide bonds. The molecule has 2 N–H and O–H groups in total. The van der Waals surface area contributed by atoms with E-state index in [1.165, 1.54) is 6.07 Å². The average molecular weight is 327 g/mol. The number of aromatic nitrogens is 3. The highest BCUT2D eigenvalue weighted by molar-refractivity contribution is 5.49. The number of alkyl halides is 3. The average Bonchev–Trinajstić information content (AvgIpc) is 2.93. The minimum Gasteiger partial charge on any atom is -0.378 e. The van der Waals surface area contributed by atoms with Gasteiger partial charge in [0.1, 0.15) is 11.5 Å². The largest absolute Gasteiger partial charge is 0.433 e. The van der Waals surface area contributed by atoms with Crippen LogP contribution in [0.4, 0.5) is 24.9 Å². The first-order chi connectivity index (χ1) is 10.9. The van der Waals surface area contributed by atoms with Gasteiger partial charge in [-0.3, -0.25) is 0 Å². The van der Waals surface area contributed by atoms with Crippen LogP contribution in [0.5, 0.6) is 0 Å². The summed E-state index contributed by atoms with van der Waals surface area (Å²) >= 11 is 0. The van der Waals surface area contributed by atoms with Gasteiger partial charge in [0.15, 0.2) is 5.95 Å². The number of ether oxygens (including phenoxy) is 1. The molecule has 3 rings (SSSR count). The highest BCUT2D eigenvalue weighted by Gasteiger charge is 2.33. The Morgan fingerprint density at radius 2 is 1.96 bits per heavy atom. The third-order valence-corrected chi connectivity index (χ3v) is 3.65.